The Morgan fingerprint density at radius 1 is 0.852 bits per heavy atom. The van der Waals surface area contributed by atoms with Crippen molar-refractivity contribution in [2.24, 2.45) is 0 Å². The van der Waals surface area contributed by atoms with Crippen molar-refractivity contribution in [1.82, 2.24) is 5.32 Å². The van der Waals surface area contributed by atoms with Gasteiger partial charge in [0.15, 0.2) is 0 Å². The molecular formula is C21H34Br2N2O2. The zero-order valence-corrected chi connectivity index (χ0v) is 19.6. The summed E-state index contributed by atoms with van der Waals surface area (Å²) in [6.45, 7) is 2.94. The predicted molar refractivity (Wildman–Crippen MR) is 122 cm³/mol. The number of rotatable bonds is 14. The van der Waals surface area contributed by atoms with E-state index in [9.17, 15) is 9.90 Å². The van der Waals surface area contributed by atoms with E-state index in [2.05, 4.69) is 49.4 Å². The molecule has 2 amide bonds. The highest BCUT2D eigenvalue weighted by molar-refractivity contribution is 9.11. The number of hydrogen-bond donors (Lipinski definition) is 3. The molecule has 0 aliphatic heterocycles. The first kappa shape index (κ1) is 24.3. The van der Waals surface area contributed by atoms with Crippen molar-refractivity contribution in [1.29, 1.82) is 0 Å². The van der Waals surface area contributed by atoms with Crippen LogP contribution in [0.1, 0.15) is 84.0 Å². The highest BCUT2D eigenvalue weighted by Crippen LogP contribution is 2.35. The summed E-state index contributed by atoms with van der Waals surface area (Å²) >= 11 is 6.50. The number of aromatic hydroxyl groups is 1. The Bertz CT molecular complexity index is 530. The first-order valence-electron chi connectivity index (χ1n) is 10.3. The van der Waals surface area contributed by atoms with Crippen LogP contribution in [0.4, 0.5) is 10.5 Å². The molecule has 1 aromatic rings. The number of phenolic OH excluding ortho intramolecular Hbond substituents is 1. The second kappa shape index (κ2) is 15.2. The molecule has 0 fully saturated rings. The summed E-state index contributed by atoms with van der Waals surface area (Å²) < 4.78 is 1.07. The van der Waals surface area contributed by atoms with Gasteiger partial charge in [0, 0.05) is 12.2 Å². The van der Waals surface area contributed by atoms with Gasteiger partial charge in [0.05, 0.1) is 8.95 Å². The normalized spacial score (nSPS) is 10.8. The molecule has 0 atom stereocenters. The second-order valence-electron chi connectivity index (χ2n) is 7.06. The molecule has 0 aromatic heterocycles. The van der Waals surface area contributed by atoms with Crippen LogP contribution in [0.15, 0.2) is 21.1 Å². The summed E-state index contributed by atoms with van der Waals surface area (Å²) in [6, 6.07) is 3.12. The average molecular weight is 506 g/mol. The number of carbonyl (C=O) groups excluding carboxylic acids is 1. The van der Waals surface area contributed by atoms with Crippen LogP contribution in [-0.4, -0.2) is 17.7 Å². The third-order valence-corrected chi connectivity index (χ3v) is 5.80. The molecule has 6 heteroatoms. The highest BCUT2D eigenvalue weighted by atomic mass is 79.9. The summed E-state index contributed by atoms with van der Waals surface area (Å²) in [6.07, 6.45) is 15.7. The van der Waals surface area contributed by atoms with Gasteiger partial charge in [0.1, 0.15) is 5.75 Å². The highest BCUT2D eigenvalue weighted by Gasteiger charge is 2.08. The summed E-state index contributed by atoms with van der Waals surface area (Å²) in [5.74, 6) is 0.123. The maximum absolute atomic E-state index is 11.9. The number of phenols is 1. The Morgan fingerprint density at radius 3 is 1.78 bits per heavy atom. The molecule has 0 heterocycles. The van der Waals surface area contributed by atoms with Crippen molar-refractivity contribution in [3.8, 4) is 5.75 Å². The van der Waals surface area contributed by atoms with Crippen LogP contribution in [0.5, 0.6) is 5.75 Å². The first-order chi connectivity index (χ1) is 13.0. The Balaban J connectivity index is 1.97. The number of nitrogens with one attached hydrogen (secondary N) is 2. The summed E-state index contributed by atoms with van der Waals surface area (Å²) in [4.78, 5) is 11.9. The Kier molecular flexibility index (Phi) is 13.7. The predicted octanol–water partition coefficient (Wildman–Crippen LogP) is 7.74. The van der Waals surface area contributed by atoms with E-state index in [1.165, 1.54) is 64.2 Å². The molecule has 0 spiro atoms. The largest absolute Gasteiger partial charge is 0.506 e. The first-order valence-corrected chi connectivity index (χ1v) is 11.9. The molecule has 0 unspecified atom stereocenters. The molecule has 0 saturated carbocycles. The molecule has 154 valence electrons. The van der Waals surface area contributed by atoms with Gasteiger partial charge in [0.25, 0.3) is 0 Å². The average Bonchev–Trinajstić information content (AvgIpc) is 2.63. The van der Waals surface area contributed by atoms with E-state index >= 15 is 0 Å². The van der Waals surface area contributed by atoms with Crippen molar-refractivity contribution in [3.05, 3.63) is 21.1 Å². The number of halogens is 2. The van der Waals surface area contributed by atoms with Gasteiger partial charge >= 0.3 is 6.03 Å². The van der Waals surface area contributed by atoms with Gasteiger partial charge in [0.2, 0.25) is 0 Å². The fourth-order valence-corrected chi connectivity index (χ4v) is 4.17. The number of carbonyl (C=O) groups is 1. The molecule has 0 aliphatic rings. The lowest BCUT2D eigenvalue weighted by Gasteiger charge is -2.09. The van der Waals surface area contributed by atoms with Gasteiger partial charge in [-0.15, -0.1) is 0 Å². The zero-order chi connectivity index (χ0) is 19.9. The third kappa shape index (κ3) is 11.6. The van der Waals surface area contributed by atoms with Crippen LogP contribution in [0.25, 0.3) is 0 Å². The van der Waals surface area contributed by atoms with Crippen molar-refractivity contribution in [2.75, 3.05) is 11.9 Å². The molecule has 0 bridgehead atoms. The number of urea groups is 1. The number of hydrogen-bond acceptors (Lipinski definition) is 2. The van der Waals surface area contributed by atoms with E-state index in [1.807, 2.05) is 0 Å². The molecule has 4 nitrogen and oxygen atoms in total. The smallest absolute Gasteiger partial charge is 0.319 e. The minimum Gasteiger partial charge on any atom is -0.506 e. The fourth-order valence-electron chi connectivity index (χ4n) is 2.98. The summed E-state index contributed by atoms with van der Waals surface area (Å²) in [7, 11) is 0. The Morgan fingerprint density at radius 2 is 1.30 bits per heavy atom. The minimum atomic E-state index is -0.220. The molecular weight excluding hydrogens is 472 g/mol. The Hall–Kier alpha value is -0.750. The SMILES string of the molecule is CCCCCCCCCCCCCCNC(=O)Nc1cc(Br)c(O)c(Br)c1. The zero-order valence-electron chi connectivity index (χ0n) is 16.5. The molecule has 0 radical (unpaired) electrons. The van der Waals surface area contributed by atoms with Crippen LogP contribution in [0.3, 0.4) is 0 Å². The third-order valence-electron chi connectivity index (χ3n) is 4.59. The van der Waals surface area contributed by atoms with E-state index < -0.39 is 0 Å². The van der Waals surface area contributed by atoms with Crippen LogP contribution in [0.2, 0.25) is 0 Å². The van der Waals surface area contributed by atoms with Gasteiger partial charge in [-0.25, -0.2) is 4.79 Å². The van der Waals surface area contributed by atoms with Crippen LogP contribution in [-0.2, 0) is 0 Å². The lowest BCUT2D eigenvalue weighted by atomic mass is 10.1. The van der Waals surface area contributed by atoms with E-state index in [0.29, 0.717) is 21.2 Å². The fraction of sp³-hybridized carbons (Fsp3) is 0.667. The molecule has 27 heavy (non-hydrogen) atoms. The topological polar surface area (TPSA) is 61.4 Å². The van der Waals surface area contributed by atoms with Gasteiger partial charge in [-0.05, 0) is 50.4 Å². The maximum atomic E-state index is 11.9. The minimum absolute atomic E-state index is 0.123. The Labute approximate surface area is 181 Å². The second-order valence-corrected chi connectivity index (χ2v) is 8.77. The summed E-state index contributed by atoms with van der Waals surface area (Å²) in [5, 5.41) is 15.3. The van der Waals surface area contributed by atoms with Crippen LogP contribution >= 0.6 is 31.9 Å². The van der Waals surface area contributed by atoms with E-state index in [1.54, 1.807) is 12.1 Å². The van der Waals surface area contributed by atoms with Crippen molar-refractivity contribution in [2.45, 2.75) is 84.0 Å². The molecule has 1 aromatic carbocycles. The van der Waals surface area contributed by atoms with Gasteiger partial charge in [-0.2, -0.15) is 0 Å². The number of anilines is 1. The standard InChI is InChI=1S/C21H34Br2N2O2/c1-2-3-4-5-6-7-8-9-10-11-12-13-14-24-21(27)25-17-15-18(22)20(26)19(23)16-17/h15-16,26H,2-14H2,1H3,(H2,24,25,27). The van der Waals surface area contributed by atoms with E-state index in [-0.39, 0.29) is 11.8 Å². The van der Waals surface area contributed by atoms with Crippen LogP contribution in [0, 0.1) is 0 Å². The van der Waals surface area contributed by atoms with E-state index in [4.69, 9.17) is 0 Å². The molecule has 0 aliphatic carbocycles. The van der Waals surface area contributed by atoms with Gasteiger partial charge in [-0.3, -0.25) is 0 Å². The number of benzene rings is 1. The quantitative estimate of drug-likeness (QED) is 0.179. The number of unbranched alkanes of at least 4 members (excludes halogenated alkanes) is 11. The molecule has 0 saturated heterocycles. The lowest BCUT2D eigenvalue weighted by Crippen LogP contribution is -2.29. The van der Waals surface area contributed by atoms with Crippen molar-refractivity contribution >= 4 is 43.6 Å². The van der Waals surface area contributed by atoms with Gasteiger partial charge < -0.3 is 15.7 Å². The van der Waals surface area contributed by atoms with E-state index in [0.717, 1.165) is 12.8 Å². The molecule has 3 N–H and O–H groups in total. The molecule has 1 rings (SSSR count). The monoisotopic (exact) mass is 504 g/mol. The van der Waals surface area contributed by atoms with Gasteiger partial charge in [-0.1, -0.05) is 77.6 Å². The number of amides is 2. The summed E-state index contributed by atoms with van der Waals surface area (Å²) in [5.41, 5.74) is 0.624. The van der Waals surface area contributed by atoms with Crippen molar-refractivity contribution in [3.63, 3.8) is 0 Å². The lowest BCUT2D eigenvalue weighted by molar-refractivity contribution is 0.252. The van der Waals surface area contributed by atoms with Crippen LogP contribution < -0.4 is 10.6 Å². The maximum Gasteiger partial charge on any atom is 0.319 e. The van der Waals surface area contributed by atoms with Crippen molar-refractivity contribution < 1.29 is 9.90 Å².